The van der Waals surface area contributed by atoms with Gasteiger partial charge in [0.05, 0.1) is 5.54 Å². The smallest absolute Gasteiger partial charge is 0.262 e. The van der Waals surface area contributed by atoms with Crippen LogP contribution >= 0.6 is 0 Å². The summed E-state index contributed by atoms with van der Waals surface area (Å²) in [5.74, 6) is 5.35. The third kappa shape index (κ3) is 3.69. The highest BCUT2D eigenvalue weighted by Gasteiger charge is 2.22. The van der Waals surface area contributed by atoms with E-state index in [0.717, 1.165) is 0 Å². The van der Waals surface area contributed by atoms with E-state index in [0.29, 0.717) is 6.61 Å². The number of amides is 1. The second-order valence-electron chi connectivity index (χ2n) is 3.57. The van der Waals surface area contributed by atoms with E-state index in [2.05, 4.69) is 0 Å². The van der Waals surface area contributed by atoms with Gasteiger partial charge in [-0.1, -0.05) is 0 Å². The van der Waals surface area contributed by atoms with E-state index >= 15 is 0 Å². The van der Waals surface area contributed by atoms with Crippen LogP contribution in [0.5, 0.6) is 0 Å². The van der Waals surface area contributed by atoms with Gasteiger partial charge in [0.25, 0.3) is 5.91 Å². The van der Waals surface area contributed by atoms with Crippen LogP contribution in [0.15, 0.2) is 0 Å². The van der Waals surface area contributed by atoms with Crippen LogP contribution in [-0.4, -0.2) is 29.7 Å². The molecule has 0 spiro atoms. The molecule has 0 aromatic rings. The number of hydrogen-bond donors (Lipinski definition) is 1. The first-order chi connectivity index (χ1) is 5.39. The highest BCUT2D eigenvalue weighted by molar-refractivity contribution is 5.77. The van der Waals surface area contributed by atoms with E-state index in [9.17, 15) is 4.79 Å². The minimum absolute atomic E-state index is 0.0598. The van der Waals surface area contributed by atoms with Gasteiger partial charge < -0.3 is 4.74 Å². The molecule has 4 nitrogen and oxygen atoms in total. The second kappa shape index (κ2) is 4.42. The molecular weight excluding hydrogens is 156 g/mol. The zero-order valence-electron chi connectivity index (χ0n) is 8.26. The largest absolute Gasteiger partial charge is 0.372 e. The van der Waals surface area contributed by atoms with Gasteiger partial charge in [-0.2, -0.15) is 0 Å². The third-order valence-corrected chi connectivity index (χ3v) is 1.42. The number of ether oxygens (including phenoxy) is 1. The molecule has 0 atom stereocenters. The average molecular weight is 174 g/mol. The maximum atomic E-state index is 11.2. The summed E-state index contributed by atoms with van der Waals surface area (Å²) >= 11 is 0. The van der Waals surface area contributed by atoms with Gasteiger partial charge >= 0.3 is 0 Å². The molecule has 0 heterocycles. The number of hydrogen-bond acceptors (Lipinski definition) is 3. The highest BCUT2D eigenvalue weighted by Crippen LogP contribution is 2.07. The molecule has 0 aromatic heterocycles. The van der Waals surface area contributed by atoms with Gasteiger partial charge in [0, 0.05) is 6.61 Å². The van der Waals surface area contributed by atoms with E-state index in [1.54, 1.807) is 0 Å². The first-order valence-corrected chi connectivity index (χ1v) is 4.05. The Morgan fingerprint density at radius 3 is 2.33 bits per heavy atom. The second-order valence-corrected chi connectivity index (χ2v) is 3.57. The first kappa shape index (κ1) is 11.4. The molecule has 0 bridgehead atoms. The van der Waals surface area contributed by atoms with E-state index in [1.165, 1.54) is 5.01 Å². The molecule has 0 aromatic carbocycles. The Morgan fingerprint density at radius 2 is 2.00 bits per heavy atom. The highest BCUT2D eigenvalue weighted by atomic mass is 16.5. The van der Waals surface area contributed by atoms with Gasteiger partial charge in [-0.25, -0.2) is 5.84 Å². The van der Waals surface area contributed by atoms with Crippen molar-refractivity contribution in [1.82, 2.24) is 5.01 Å². The van der Waals surface area contributed by atoms with Crippen molar-refractivity contribution in [3.05, 3.63) is 0 Å². The zero-order valence-corrected chi connectivity index (χ0v) is 8.26. The lowest BCUT2D eigenvalue weighted by Crippen LogP contribution is -2.51. The van der Waals surface area contributed by atoms with E-state index < -0.39 is 0 Å². The van der Waals surface area contributed by atoms with Gasteiger partial charge in [0.15, 0.2) is 0 Å². The van der Waals surface area contributed by atoms with Crippen molar-refractivity contribution in [2.24, 2.45) is 5.84 Å². The number of carbonyl (C=O) groups excluding carboxylic acids is 1. The molecule has 0 unspecified atom stereocenters. The Balaban J connectivity index is 3.94. The Morgan fingerprint density at radius 1 is 1.50 bits per heavy atom. The first-order valence-electron chi connectivity index (χ1n) is 4.05. The summed E-state index contributed by atoms with van der Waals surface area (Å²) in [5.41, 5.74) is -0.339. The van der Waals surface area contributed by atoms with Crippen molar-refractivity contribution in [2.75, 3.05) is 13.2 Å². The summed E-state index contributed by atoms with van der Waals surface area (Å²) in [7, 11) is 0. The lowest BCUT2D eigenvalue weighted by atomic mass is 10.1. The van der Waals surface area contributed by atoms with Crippen LogP contribution in [0, 0.1) is 0 Å². The van der Waals surface area contributed by atoms with Crippen LogP contribution in [0.2, 0.25) is 0 Å². The van der Waals surface area contributed by atoms with Crippen molar-refractivity contribution in [3.63, 3.8) is 0 Å². The Labute approximate surface area is 73.6 Å². The van der Waals surface area contributed by atoms with Crippen LogP contribution in [0.1, 0.15) is 27.7 Å². The Hall–Kier alpha value is -0.610. The number of hydrazine groups is 1. The molecular formula is C8H18N2O2. The van der Waals surface area contributed by atoms with Crippen LogP contribution in [0.25, 0.3) is 0 Å². The fourth-order valence-electron chi connectivity index (χ4n) is 0.633. The molecule has 0 aliphatic rings. The molecule has 0 aliphatic heterocycles. The predicted molar refractivity (Wildman–Crippen MR) is 47.3 cm³/mol. The number of rotatable bonds is 3. The predicted octanol–water partition coefficient (Wildman–Crippen LogP) is 0.524. The monoisotopic (exact) mass is 174 g/mol. The maximum Gasteiger partial charge on any atom is 0.262 e. The van der Waals surface area contributed by atoms with Gasteiger partial charge in [0.1, 0.15) is 6.61 Å². The summed E-state index contributed by atoms with van der Waals surface area (Å²) in [5, 5.41) is 1.20. The molecule has 0 radical (unpaired) electrons. The van der Waals surface area contributed by atoms with Crippen molar-refractivity contribution < 1.29 is 9.53 Å². The number of carbonyl (C=O) groups is 1. The topological polar surface area (TPSA) is 55.6 Å². The number of nitrogens with two attached hydrogens (primary N) is 1. The summed E-state index contributed by atoms with van der Waals surface area (Å²) in [6, 6.07) is 0. The van der Waals surface area contributed by atoms with E-state index in [-0.39, 0.29) is 18.1 Å². The fraction of sp³-hybridized carbons (Fsp3) is 0.875. The normalized spacial score (nSPS) is 11.4. The van der Waals surface area contributed by atoms with E-state index in [1.807, 2.05) is 27.7 Å². The summed E-state index contributed by atoms with van der Waals surface area (Å²) < 4.78 is 4.94. The lowest BCUT2D eigenvalue weighted by molar-refractivity contribution is -0.141. The van der Waals surface area contributed by atoms with Gasteiger partial charge in [-0.3, -0.25) is 9.80 Å². The van der Waals surface area contributed by atoms with Crippen LogP contribution < -0.4 is 5.84 Å². The minimum atomic E-state index is -0.339. The molecule has 2 N–H and O–H groups in total. The van der Waals surface area contributed by atoms with Crippen molar-refractivity contribution in [1.29, 1.82) is 0 Å². The standard InChI is InChI=1S/C8H18N2O2/c1-5-12-6-7(11)10(9)8(2,3)4/h5-6,9H2,1-4H3. The zero-order chi connectivity index (χ0) is 9.78. The molecule has 72 valence electrons. The molecule has 0 aliphatic carbocycles. The molecule has 0 saturated heterocycles. The fourth-order valence-corrected chi connectivity index (χ4v) is 0.633. The Bertz CT molecular complexity index is 152. The van der Waals surface area contributed by atoms with E-state index in [4.69, 9.17) is 10.6 Å². The molecule has 12 heavy (non-hydrogen) atoms. The van der Waals surface area contributed by atoms with Gasteiger partial charge in [-0.05, 0) is 27.7 Å². The third-order valence-electron chi connectivity index (χ3n) is 1.42. The van der Waals surface area contributed by atoms with Gasteiger partial charge in [0.2, 0.25) is 0 Å². The van der Waals surface area contributed by atoms with Crippen LogP contribution in [0.4, 0.5) is 0 Å². The van der Waals surface area contributed by atoms with Crippen LogP contribution in [0.3, 0.4) is 0 Å². The van der Waals surface area contributed by atoms with Crippen LogP contribution in [-0.2, 0) is 9.53 Å². The van der Waals surface area contributed by atoms with Crippen molar-refractivity contribution >= 4 is 5.91 Å². The average Bonchev–Trinajstić information content (AvgIpc) is 1.97. The molecule has 0 fully saturated rings. The summed E-state index contributed by atoms with van der Waals surface area (Å²) in [4.78, 5) is 11.2. The van der Waals surface area contributed by atoms with Crippen molar-refractivity contribution in [2.45, 2.75) is 33.2 Å². The SMILES string of the molecule is CCOCC(=O)N(N)C(C)(C)C. The Kier molecular flexibility index (Phi) is 4.20. The molecule has 0 saturated carbocycles. The lowest BCUT2D eigenvalue weighted by Gasteiger charge is -2.30. The summed E-state index contributed by atoms with van der Waals surface area (Å²) in [6.07, 6.45) is 0. The quantitative estimate of drug-likeness (QED) is 0.385. The summed E-state index contributed by atoms with van der Waals surface area (Å²) in [6.45, 7) is 8.05. The minimum Gasteiger partial charge on any atom is -0.372 e. The molecule has 0 rings (SSSR count). The maximum absolute atomic E-state index is 11.2. The molecule has 4 heteroatoms. The van der Waals surface area contributed by atoms with Gasteiger partial charge in [-0.15, -0.1) is 0 Å². The molecule has 1 amide bonds. The van der Waals surface area contributed by atoms with Crippen molar-refractivity contribution in [3.8, 4) is 0 Å². The number of nitrogens with zero attached hydrogens (tertiary/aromatic N) is 1.